The molecule has 4 nitrogen and oxygen atoms in total. The van der Waals surface area contributed by atoms with Crippen molar-refractivity contribution < 1.29 is 9.53 Å². The molecule has 1 aromatic carbocycles. The summed E-state index contributed by atoms with van der Waals surface area (Å²) in [5.74, 6) is 2.61. The topological polar surface area (TPSA) is 32.8 Å². The number of rotatable bonds is 2. The molecular formula is C22H30N2O2. The number of carbonyl (C=O) groups excluding carboxylic acids is 1. The van der Waals surface area contributed by atoms with E-state index in [4.69, 9.17) is 4.74 Å². The Balaban J connectivity index is 1.68. The van der Waals surface area contributed by atoms with E-state index in [0.29, 0.717) is 12.1 Å². The lowest BCUT2D eigenvalue weighted by molar-refractivity contribution is -0.120. The van der Waals surface area contributed by atoms with Crippen molar-refractivity contribution in [3.05, 3.63) is 23.8 Å². The molecule has 140 valence electrons. The standard InChI is InChI=1S/C22H30N2O2/c1-4-18-15-7-9-23-10-8-22(21(18)23)13-16-5-6-17(26-3)12-19(16)24(14(2)25)20(22)11-15/h5-6,12,15,18,20-21H,4,7-11,13H2,1-3H3/t15-,18-,20-,21-,22+/m1/s1. The summed E-state index contributed by atoms with van der Waals surface area (Å²) in [5, 5.41) is 0. The Morgan fingerprint density at radius 2 is 2.19 bits per heavy atom. The number of hydrogen-bond acceptors (Lipinski definition) is 3. The second-order valence-electron chi connectivity index (χ2n) is 8.90. The van der Waals surface area contributed by atoms with Crippen molar-refractivity contribution in [1.29, 1.82) is 0 Å². The summed E-state index contributed by atoms with van der Waals surface area (Å²) in [4.78, 5) is 17.8. The summed E-state index contributed by atoms with van der Waals surface area (Å²) in [6.07, 6.45) is 6.11. The highest BCUT2D eigenvalue weighted by molar-refractivity contribution is 5.94. The third-order valence-electron chi connectivity index (χ3n) is 8.03. The molecule has 1 saturated carbocycles. The Kier molecular flexibility index (Phi) is 3.66. The molecule has 2 saturated heterocycles. The van der Waals surface area contributed by atoms with Crippen molar-refractivity contribution in [3.63, 3.8) is 0 Å². The molecule has 1 aliphatic carbocycles. The number of ether oxygens (including phenoxy) is 1. The van der Waals surface area contributed by atoms with Crippen LogP contribution in [-0.2, 0) is 11.2 Å². The highest BCUT2D eigenvalue weighted by Crippen LogP contribution is 2.61. The van der Waals surface area contributed by atoms with Crippen molar-refractivity contribution in [1.82, 2.24) is 4.90 Å². The zero-order valence-corrected chi connectivity index (χ0v) is 16.2. The third-order valence-corrected chi connectivity index (χ3v) is 8.03. The van der Waals surface area contributed by atoms with Crippen molar-refractivity contribution in [2.45, 2.75) is 58.0 Å². The Hall–Kier alpha value is -1.55. The second kappa shape index (κ2) is 5.72. The van der Waals surface area contributed by atoms with Gasteiger partial charge >= 0.3 is 0 Å². The molecule has 1 amide bonds. The van der Waals surface area contributed by atoms with Crippen LogP contribution >= 0.6 is 0 Å². The molecular weight excluding hydrogens is 324 g/mol. The quantitative estimate of drug-likeness (QED) is 0.815. The van der Waals surface area contributed by atoms with Crippen LogP contribution in [0, 0.1) is 17.3 Å². The Morgan fingerprint density at radius 1 is 1.35 bits per heavy atom. The maximum absolute atomic E-state index is 12.8. The van der Waals surface area contributed by atoms with Gasteiger partial charge in [0.2, 0.25) is 5.91 Å². The van der Waals surface area contributed by atoms with Gasteiger partial charge in [-0.05, 0) is 62.2 Å². The van der Waals surface area contributed by atoms with Crippen molar-refractivity contribution in [2.24, 2.45) is 17.3 Å². The Bertz CT molecular complexity index is 748. The van der Waals surface area contributed by atoms with Gasteiger partial charge in [0.1, 0.15) is 5.75 Å². The van der Waals surface area contributed by atoms with E-state index in [1.807, 2.05) is 0 Å². The predicted molar refractivity (Wildman–Crippen MR) is 103 cm³/mol. The molecule has 0 N–H and O–H groups in total. The molecule has 4 aliphatic rings. The van der Waals surface area contributed by atoms with Crippen LogP contribution in [0.4, 0.5) is 5.69 Å². The molecule has 2 bridgehead atoms. The van der Waals surface area contributed by atoms with E-state index in [2.05, 4.69) is 34.9 Å². The number of carbonyl (C=O) groups is 1. The van der Waals surface area contributed by atoms with E-state index in [1.54, 1.807) is 14.0 Å². The third kappa shape index (κ3) is 2.02. The molecule has 3 fully saturated rings. The van der Waals surface area contributed by atoms with Crippen LogP contribution in [0.25, 0.3) is 0 Å². The molecule has 3 aliphatic heterocycles. The summed E-state index contributed by atoms with van der Waals surface area (Å²) in [6.45, 7) is 6.59. The summed E-state index contributed by atoms with van der Waals surface area (Å²) in [5.41, 5.74) is 2.67. The molecule has 0 aromatic heterocycles. The van der Waals surface area contributed by atoms with E-state index in [9.17, 15) is 4.79 Å². The van der Waals surface area contributed by atoms with Gasteiger partial charge in [0, 0.05) is 30.5 Å². The fourth-order valence-electron chi connectivity index (χ4n) is 7.12. The van der Waals surface area contributed by atoms with E-state index in [1.165, 1.54) is 44.3 Å². The van der Waals surface area contributed by atoms with E-state index in [-0.39, 0.29) is 11.3 Å². The van der Waals surface area contributed by atoms with E-state index >= 15 is 0 Å². The van der Waals surface area contributed by atoms with E-state index < -0.39 is 0 Å². The van der Waals surface area contributed by atoms with Gasteiger partial charge in [0.25, 0.3) is 0 Å². The number of hydrogen-bond donors (Lipinski definition) is 0. The smallest absolute Gasteiger partial charge is 0.224 e. The maximum atomic E-state index is 12.8. The van der Waals surface area contributed by atoms with Gasteiger partial charge in [-0.25, -0.2) is 0 Å². The molecule has 1 aromatic rings. The van der Waals surface area contributed by atoms with Crippen LogP contribution in [0.15, 0.2) is 18.2 Å². The Labute approximate surface area is 156 Å². The zero-order chi connectivity index (χ0) is 18.1. The fraction of sp³-hybridized carbons (Fsp3) is 0.682. The van der Waals surface area contributed by atoms with Gasteiger partial charge in [0.05, 0.1) is 12.8 Å². The van der Waals surface area contributed by atoms with Crippen molar-refractivity contribution >= 4 is 11.6 Å². The number of piperidine rings is 1. The van der Waals surface area contributed by atoms with Gasteiger partial charge in [0.15, 0.2) is 0 Å². The number of benzene rings is 1. The van der Waals surface area contributed by atoms with Gasteiger partial charge in [-0.15, -0.1) is 0 Å². The minimum Gasteiger partial charge on any atom is -0.497 e. The first-order valence-corrected chi connectivity index (χ1v) is 10.3. The summed E-state index contributed by atoms with van der Waals surface area (Å²) < 4.78 is 5.47. The first kappa shape index (κ1) is 16.6. The molecule has 26 heavy (non-hydrogen) atoms. The summed E-state index contributed by atoms with van der Waals surface area (Å²) >= 11 is 0. The highest BCUT2D eigenvalue weighted by atomic mass is 16.5. The number of anilines is 1. The van der Waals surface area contributed by atoms with Crippen LogP contribution < -0.4 is 9.64 Å². The van der Waals surface area contributed by atoms with Crippen LogP contribution in [0.1, 0.15) is 45.1 Å². The summed E-state index contributed by atoms with van der Waals surface area (Å²) in [6, 6.07) is 7.35. The van der Waals surface area contributed by atoms with Crippen LogP contribution in [0.5, 0.6) is 5.75 Å². The average molecular weight is 354 g/mol. The van der Waals surface area contributed by atoms with Gasteiger partial charge in [-0.2, -0.15) is 0 Å². The molecule has 1 spiro atoms. The maximum Gasteiger partial charge on any atom is 0.224 e. The number of fused-ring (bicyclic) bond motifs is 2. The molecule has 0 unspecified atom stereocenters. The number of nitrogens with zero attached hydrogens (tertiary/aromatic N) is 2. The normalized spacial score (nSPS) is 37.9. The first-order chi connectivity index (χ1) is 12.6. The number of amides is 1. The number of methoxy groups -OCH3 is 1. The zero-order valence-electron chi connectivity index (χ0n) is 16.2. The summed E-state index contributed by atoms with van der Waals surface area (Å²) in [7, 11) is 1.70. The fourth-order valence-corrected chi connectivity index (χ4v) is 7.12. The minimum atomic E-state index is 0.190. The van der Waals surface area contributed by atoms with Crippen LogP contribution in [0.3, 0.4) is 0 Å². The minimum absolute atomic E-state index is 0.190. The molecule has 5 rings (SSSR count). The first-order valence-electron chi connectivity index (χ1n) is 10.3. The largest absolute Gasteiger partial charge is 0.497 e. The van der Waals surface area contributed by atoms with Crippen molar-refractivity contribution in [3.8, 4) is 5.75 Å². The van der Waals surface area contributed by atoms with Crippen LogP contribution in [0.2, 0.25) is 0 Å². The molecule has 4 heteroatoms. The van der Waals surface area contributed by atoms with E-state index in [0.717, 1.165) is 29.7 Å². The lowest BCUT2D eigenvalue weighted by atomic mass is 9.53. The molecule has 5 atom stereocenters. The highest BCUT2D eigenvalue weighted by Gasteiger charge is 2.63. The molecule has 3 heterocycles. The monoisotopic (exact) mass is 354 g/mol. The van der Waals surface area contributed by atoms with Crippen molar-refractivity contribution in [2.75, 3.05) is 25.1 Å². The Morgan fingerprint density at radius 3 is 2.92 bits per heavy atom. The SMILES string of the molecule is CC[C@@H]1[C@@H]2CCN3CC[C@@]4(Cc5ccc(OC)cc5N(C(C)=O)[C@@H]4C2)[C@@H]13. The lowest BCUT2D eigenvalue weighted by Gasteiger charge is -2.61. The second-order valence-corrected chi connectivity index (χ2v) is 8.90. The predicted octanol–water partition coefficient (Wildman–Crippen LogP) is 3.48. The van der Waals surface area contributed by atoms with Gasteiger partial charge in [-0.3, -0.25) is 9.69 Å². The average Bonchev–Trinajstić information content (AvgIpc) is 3.04. The molecule has 0 radical (unpaired) electrons. The van der Waals surface area contributed by atoms with Gasteiger partial charge in [-0.1, -0.05) is 19.4 Å². The van der Waals surface area contributed by atoms with Gasteiger partial charge < -0.3 is 9.64 Å². The van der Waals surface area contributed by atoms with Crippen LogP contribution in [-0.4, -0.2) is 43.1 Å². The lowest BCUT2D eigenvalue weighted by Crippen LogP contribution is -2.67.